The molecular weight excluding hydrogens is 532 g/mol. The van der Waals surface area contributed by atoms with Crippen LogP contribution in [0, 0.1) is 11.8 Å². The molecule has 1 N–H and O–H groups in total. The van der Waals surface area contributed by atoms with Crippen molar-refractivity contribution < 1.29 is 29.0 Å². The number of amides is 2. The number of benzene rings is 1. The Kier molecular flexibility index (Phi) is 9.75. The van der Waals surface area contributed by atoms with Crippen LogP contribution in [0.2, 0.25) is 5.02 Å². The SMILES string of the molecule is C=CCCCCOC(=O)[C@@H]1[C@H]2C(=O)N(CCCCCO)C(C(=O)N(CC=C)c3ccc(Cl)cc3)C23CC[C@@]1(C)O3. The number of ether oxygens (including phenoxy) is 2. The van der Waals surface area contributed by atoms with Crippen molar-refractivity contribution in [1.29, 1.82) is 0 Å². The Morgan fingerprint density at radius 3 is 2.58 bits per heavy atom. The molecule has 40 heavy (non-hydrogen) atoms. The molecule has 2 unspecified atom stereocenters. The summed E-state index contributed by atoms with van der Waals surface area (Å²) in [5.41, 5.74) is -1.38. The van der Waals surface area contributed by atoms with Crippen molar-refractivity contribution in [1.82, 2.24) is 4.90 Å². The third-order valence-electron chi connectivity index (χ3n) is 8.58. The number of likely N-dealkylation sites (tertiary alicyclic amines) is 1. The monoisotopic (exact) mass is 572 g/mol. The molecular formula is C31H41ClN2O6. The fraction of sp³-hybridized carbons (Fsp3) is 0.581. The second kappa shape index (κ2) is 12.9. The van der Waals surface area contributed by atoms with Crippen LogP contribution in [0.5, 0.6) is 0 Å². The number of hydrogen-bond acceptors (Lipinski definition) is 6. The summed E-state index contributed by atoms with van der Waals surface area (Å²) in [4.78, 5) is 45.3. The first-order valence-electron chi connectivity index (χ1n) is 14.3. The normalized spacial score (nSPS) is 28.4. The maximum Gasteiger partial charge on any atom is 0.312 e. The summed E-state index contributed by atoms with van der Waals surface area (Å²) in [7, 11) is 0. The summed E-state index contributed by atoms with van der Waals surface area (Å²) in [6.45, 7) is 10.3. The number of fused-ring (bicyclic) bond motifs is 1. The predicted molar refractivity (Wildman–Crippen MR) is 154 cm³/mol. The molecule has 1 aromatic carbocycles. The summed E-state index contributed by atoms with van der Waals surface area (Å²) in [5, 5.41) is 9.80. The van der Waals surface area contributed by atoms with Gasteiger partial charge < -0.3 is 24.4 Å². The van der Waals surface area contributed by atoms with Gasteiger partial charge in [0.1, 0.15) is 17.6 Å². The van der Waals surface area contributed by atoms with Crippen LogP contribution in [0.4, 0.5) is 5.69 Å². The summed E-state index contributed by atoms with van der Waals surface area (Å²) in [6, 6.07) is 6.06. The van der Waals surface area contributed by atoms with E-state index in [-0.39, 0.29) is 31.6 Å². The van der Waals surface area contributed by atoms with Gasteiger partial charge in [0.15, 0.2) is 0 Å². The number of aliphatic hydroxyl groups excluding tert-OH is 1. The van der Waals surface area contributed by atoms with Crippen LogP contribution in [0.15, 0.2) is 49.6 Å². The molecule has 3 aliphatic rings. The van der Waals surface area contributed by atoms with Crippen LogP contribution < -0.4 is 4.90 Å². The first-order valence-corrected chi connectivity index (χ1v) is 14.7. The third kappa shape index (κ3) is 5.58. The molecule has 0 saturated carbocycles. The first kappa shape index (κ1) is 30.3. The van der Waals surface area contributed by atoms with Crippen LogP contribution >= 0.6 is 11.6 Å². The number of carbonyl (C=O) groups is 3. The molecule has 3 aliphatic heterocycles. The van der Waals surface area contributed by atoms with Crippen molar-refractivity contribution in [2.24, 2.45) is 11.8 Å². The minimum atomic E-state index is -1.13. The molecule has 5 atom stereocenters. The van der Waals surface area contributed by atoms with Crippen molar-refractivity contribution >= 4 is 35.1 Å². The van der Waals surface area contributed by atoms with Crippen molar-refractivity contribution in [3.63, 3.8) is 0 Å². The molecule has 218 valence electrons. The zero-order chi connectivity index (χ0) is 28.9. The molecule has 9 heteroatoms. The lowest BCUT2D eigenvalue weighted by molar-refractivity contribution is -0.159. The van der Waals surface area contributed by atoms with E-state index in [1.165, 1.54) is 0 Å². The van der Waals surface area contributed by atoms with Gasteiger partial charge >= 0.3 is 5.97 Å². The number of hydrogen-bond donors (Lipinski definition) is 1. The molecule has 8 nitrogen and oxygen atoms in total. The quantitative estimate of drug-likeness (QED) is 0.186. The number of carbonyl (C=O) groups excluding carboxylic acids is 3. The second-order valence-electron chi connectivity index (χ2n) is 11.2. The number of nitrogens with zero attached hydrogens (tertiary/aromatic N) is 2. The zero-order valence-electron chi connectivity index (χ0n) is 23.4. The average Bonchev–Trinajstić information content (AvgIpc) is 3.50. The van der Waals surface area contributed by atoms with Crippen LogP contribution in [0.3, 0.4) is 0 Å². The van der Waals surface area contributed by atoms with Gasteiger partial charge in [-0.15, -0.1) is 13.2 Å². The molecule has 0 aliphatic carbocycles. The topological polar surface area (TPSA) is 96.4 Å². The molecule has 2 bridgehead atoms. The fourth-order valence-electron chi connectivity index (χ4n) is 6.75. The van der Waals surface area contributed by atoms with Gasteiger partial charge in [-0.25, -0.2) is 0 Å². The molecule has 1 spiro atoms. The highest BCUT2D eigenvalue weighted by Crippen LogP contribution is 2.63. The maximum atomic E-state index is 14.5. The lowest BCUT2D eigenvalue weighted by Crippen LogP contribution is -2.56. The zero-order valence-corrected chi connectivity index (χ0v) is 24.1. The number of esters is 1. The van der Waals surface area contributed by atoms with Gasteiger partial charge in [-0.1, -0.05) is 23.8 Å². The first-order chi connectivity index (χ1) is 19.2. The summed E-state index contributed by atoms with van der Waals surface area (Å²) in [5.74, 6) is -2.53. The molecule has 2 amide bonds. The van der Waals surface area contributed by atoms with Gasteiger partial charge in [0, 0.05) is 30.4 Å². The van der Waals surface area contributed by atoms with Crippen LogP contribution in [-0.2, 0) is 23.9 Å². The van der Waals surface area contributed by atoms with E-state index >= 15 is 0 Å². The Balaban J connectivity index is 1.67. The smallest absolute Gasteiger partial charge is 0.312 e. The highest BCUT2D eigenvalue weighted by molar-refractivity contribution is 6.30. The molecule has 3 saturated heterocycles. The Morgan fingerprint density at radius 2 is 1.90 bits per heavy atom. The number of aliphatic hydroxyl groups is 1. The van der Waals surface area contributed by atoms with Crippen molar-refractivity contribution in [2.45, 2.75) is 75.5 Å². The number of halogens is 1. The Morgan fingerprint density at radius 1 is 1.15 bits per heavy atom. The molecule has 4 rings (SSSR count). The third-order valence-corrected chi connectivity index (χ3v) is 8.84. The largest absolute Gasteiger partial charge is 0.465 e. The average molecular weight is 573 g/mol. The Bertz CT molecular complexity index is 1110. The molecule has 0 radical (unpaired) electrons. The predicted octanol–water partition coefficient (Wildman–Crippen LogP) is 4.69. The van der Waals surface area contributed by atoms with Gasteiger partial charge in [-0.3, -0.25) is 14.4 Å². The summed E-state index contributed by atoms with van der Waals surface area (Å²) < 4.78 is 12.4. The van der Waals surface area contributed by atoms with E-state index in [0.29, 0.717) is 55.8 Å². The maximum absolute atomic E-state index is 14.5. The lowest BCUT2D eigenvalue weighted by Gasteiger charge is -2.36. The van der Waals surface area contributed by atoms with E-state index in [1.807, 2.05) is 13.0 Å². The minimum absolute atomic E-state index is 0.0642. The highest BCUT2D eigenvalue weighted by Gasteiger charge is 2.78. The molecule has 1 aromatic rings. The van der Waals surface area contributed by atoms with E-state index < -0.39 is 35.0 Å². The van der Waals surface area contributed by atoms with Gasteiger partial charge in [-0.2, -0.15) is 0 Å². The Hall–Kier alpha value is -2.68. The second-order valence-corrected chi connectivity index (χ2v) is 11.6. The molecule has 0 aromatic heterocycles. The molecule has 3 fully saturated rings. The van der Waals surface area contributed by atoms with Gasteiger partial charge in [0.25, 0.3) is 5.91 Å². The summed E-state index contributed by atoms with van der Waals surface area (Å²) in [6.07, 6.45) is 8.88. The fourth-order valence-corrected chi connectivity index (χ4v) is 6.87. The number of allylic oxidation sites excluding steroid dienone is 1. The van der Waals surface area contributed by atoms with E-state index in [2.05, 4.69) is 13.2 Å². The lowest BCUT2D eigenvalue weighted by atomic mass is 9.66. The highest BCUT2D eigenvalue weighted by atomic mass is 35.5. The van der Waals surface area contributed by atoms with Crippen LogP contribution in [-0.4, -0.2) is 71.3 Å². The van der Waals surface area contributed by atoms with Crippen molar-refractivity contribution in [3.8, 4) is 0 Å². The number of anilines is 1. The van der Waals surface area contributed by atoms with Gasteiger partial charge in [0.2, 0.25) is 5.91 Å². The standard InChI is InChI=1S/C31H41ClN2O6/c1-4-6-7-11-21-39-29(38)25-24-27(36)34(19-9-8-10-20-35)26(31(24)17-16-30(25,3)40-31)28(37)33(18-5-2)23-14-12-22(32)13-15-23/h4-5,12-15,24-26,35H,1-2,6-11,16-21H2,3H3/t24-,25-,26?,30+,31?/m0/s1. The van der Waals surface area contributed by atoms with Gasteiger partial charge in [-0.05, 0) is 82.6 Å². The van der Waals surface area contributed by atoms with Crippen LogP contribution in [0.1, 0.15) is 58.3 Å². The van der Waals surface area contributed by atoms with Gasteiger partial charge in [0.05, 0.1) is 18.1 Å². The van der Waals surface area contributed by atoms with E-state index in [1.54, 1.807) is 40.1 Å². The number of unbranched alkanes of at least 4 members (excludes halogenated alkanes) is 4. The van der Waals surface area contributed by atoms with Crippen LogP contribution in [0.25, 0.3) is 0 Å². The Labute approximate surface area is 241 Å². The van der Waals surface area contributed by atoms with Crippen molar-refractivity contribution in [2.75, 3.05) is 31.2 Å². The molecule has 3 heterocycles. The van der Waals surface area contributed by atoms with Crippen molar-refractivity contribution in [3.05, 3.63) is 54.6 Å². The van der Waals surface area contributed by atoms with E-state index in [4.69, 9.17) is 21.1 Å². The van der Waals surface area contributed by atoms with E-state index in [0.717, 1.165) is 12.8 Å². The minimum Gasteiger partial charge on any atom is -0.465 e. The summed E-state index contributed by atoms with van der Waals surface area (Å²) >= 11 is 6.11. The number of rotatable bonds is 15. The van der Waals surface area contributed by atoms with E-state index in [9.17, 15) is 19.5 Å².